The molecule has 1 fully saturated rings. The second kappa shape index (κ2) is 5.21. The number of likely N-dealkylation sites (tertiary alicyclic amines) is 1. The second-order valence-electron chi connectivity index (χ2n) is 6.40. The maximum atomic E-state index is 12.6. The van der Waals surface area contributed by atoms with Gasteiger partial charge in [-0.2, -0.15) is 0 Å². The first-order valence-electron chi connectivity index (χ1n) is 7.41. The standard InChI is InChI=1S/C16H20N4O2/c1-11-3-4-13-18-7-12(15(22)20(13)8-11)14(21)19-6-5-16(2,9-17)10-19/h3-4,7-8H,5-6,9-10,17H2,1-2H3. The Morgan fingerprint density at radius 3 is 2.91 bits per heavy atom. The number of nitrogens with two attached hydrogens (primary N) is 1. The topological polar surface area (TPSA) is 80.7 Å². The fourth-order valence-corrected chi connectivity index (χ4v) is 2.86. The average molecular weight is 300 g/mol. The quantitative estimate of drug-likeness (QED) is 0.890. The lowest BCUT2D eigenvalue weighted by Gasteiger charge is -2.22. The molecule has 6 nitrogen and oxygen atoms in total. The van der Waals surface area contributed by atoms with E-state index >= 15 is 0 Å². The van der Waals surface area contributed by atoms with Crippen LogP contribution in [0.15, 0.2) is 29.3 Å². The van der Waals surface area contributed by atoms with Crippen LogP contribution in [-0.4, -0.2) is 39.8 Å². The molecular formula is C16H20N4O2. The summed E-state index contributed by atoms with van der Waals surface area (Å²) in [6, 6.07) is 3.66. The molecule has 0 aliphatic carbocycles. The van der Waals surface area contributed by atoms with Crippen LogP contribution >= 0.6 is 0 Å². The second-order valence-corrected chi connectivity index (χ2v) is 6.40. The highest BCUT2D eigenvalue weighted by atomic mass is 16.2. The van der Waals surface area contributed by atoms with Crippen molar-refractivity contribution in [3.05, 3.63) is 46.0 Å². The molecule has 3 heterocycles. The fourth-order valence-electron chi connectivity index (χ4n) is 2.86. The van der Waals surface area contributed by atoms with Crippen LogP contribution in [0, 0.1) is 12.3 Å². The van der Waals surface area contributed by atoms with E-state index in [0.717, 1.165) is 12.0 Å². The first-order chi connectivity index (χ1) is 10.4. The average Bonchev–Trinajstić information content (AvgIpc) is 2.91. The van der Waals surface area contributed by atoms with Crippen LogP contribution in [0.5, 0.6) is 0 Å². The van der Waals surface area contributed by atoms with Gasteiger partial charge in [-0.05, 0) is 36.9 Å². The van der Waals surface area contributed by atoms with Crippen LogP contribution in [0.25, 0.3) is 5.65 Å². The molecule has 1 aliphatic heterocycles. The Morgan fingerprint density at radius 2 is 2.23 bits per heavy atom. The minimum Gasteiger partial charge on any atom is -0.338 e. The molecule has 0 aromatic carbocycles. The Balaban J connectivity index is 1.99. The van der Waals surface area contributed by atoms with Crippen molar-refractivity contribution >= 4 is 11.6 Å². The SMILES string of the molecule is Cc1ccc2ncc(C(=O)N3CCC(C)(CN)C3)c(=O)n2c1. The zero-order valence-electron chi connectivity index (χ0n) is 12.9. The number of carbonyl (C=O) groups is 1. The molecule has 1 aliphatic rings. The lowest BCUT2D eigenvalue weighted by molar-refractivity contribution is 0.0774. The first-order valence-corrected chi connectivity index (χ1v) is 7.41. The molecule has 22 heavy (non-hydrogen) atoms. The molecule has 116 valence electrons. The monoisotopic (exact) mass is 300 g/mol. The lowest BCUT2D eigenvalue weighted by Crippen LogP contribution is -2.37. The number of amides is 1. The molecule has 0 bridgehead atoms. The normalized spacial score (nSPS) is 21.5. The van der Waals surface area contributed by atoms with Crippen LogP contribution in [0.2, 0.25) is 0 Å². The predicted molar refractivity (Wildman–Crippen MR) is 83.9 cm³/mol. The zero-order valence-corrected chi connectivity index (χ0v) is 12.9. The third kappa shape index (κ3) is 2.39. The Hall–Kier alpha value is -2.21. The van der Waals surface area contributed by atoms with E-state index in [2.05, 4.69) is 11.9 Å². The molecule has 6 heteroatoms. The van der Waals surface area contributed by atoms with E-state index in [4.69, 9.17) is 5.73 Å². The number of hydrogen-bond donors (Lipinski definition) is 1. The number of rotatable bonds is 2. The first kappa shape index (κ1) is 14.7. The van der Waals surface area contributed by atoms with Crippen molar-refractivity contribution in [2.45, 2.75) is 20.3 Å². The van der Waals surface area contributed by atoms with Crippen LogP contribution in [0.3, 0.4) is 0 Å². The largest absolute Gasteiger partial charge is 0.338 e. The predicted octanol–water partition coefficient (Wildman–Crippen LogP) is 0.814. The highest BCUT2D eigenvalue weighted by Crippen LogP contribution is 2.29. The zero-order chi connectivity index (χ0) is 15.9. The Morgan fingerprint density at radius 1 is 1.45 bits per heavy atom. The molecule has 1 unspecified atom stereocenters. The van der Waals surface area contributed by atoms with E-state index in [1.165, 1.54) is 10.6 Å². The molecule has 3 rings (SSSR count). The Bertz CT molecular complexity index is 798. The third-order valence-corrected chi connectivity index (χ3v) is 4.42. The van der Waals surface area contributed by atoms with Gasteiger partial charge in [0.05, 0.1) is 0 Å². The number of pyridine rings is 1. The Kier molecular flexibility index (Phi) is 3.48. The van der Waals surface area contributed by atoms with Gasteiger partial charge in [0.15, 0.2) is 0 Å². The van der Waals surface area contributed by atoms with Gasteiger partial charge in [0.1, 0.15) is 11.2 Å². The number of aryl methyl sites for hydroxylation is 1. The van der Waals surface area contributed by atoms with Gasteiger partial charge in [-0.25, -0.2) is 4.98 Å². The summed E-state index contributed by atoms with van der Waals surface area (Å²) in [6.45, 7) is 5.70. The van der Waals surface area contributed by atoms with E-state index < -0.39 is 0 Å². The van der Waals surface area contributed by atoms with Crippen LogP contribution in [0.1, 0.15) is 29.3 Å². The Labute approximate surface area is 128 Å². The van der Waals surface area contributed by atoms with Crippen molar-refractivity contribution in [3.8, 4) is 0 Å². The summed E-state index contributed by atoms with van der Waals surface area (Å²) in [5.74, 6) is -0.259. The molecule has 1 saturated heterocycles. The summed E-state index contributed by atoms with van der Waals surface area (Å²) >= 11 is 0. The fraction of sp³-hybridized carbons (Fsp3) is 0.438. The molecule has 2 aromatic rings. The minimum absolute atomic E-state index is 0.0628. The van der Waals surface area contributed by atoms with E-state index in [-0.39, 0.29) is 22.4 Å². The number of carbonyl (C=O) groups excluding carboxylic acids is 1. The van der Waals surface area contributed by atoms with E-state index in [1.54, 1.807) is 17.2 Å². The summed E-state index contributed by atoms with van der Waals surface area (Å²) in [7, 11) is 0. The van der Waals surface area contributed by atoms with E-state index in [9.17, 15) is 9.59 Å². The van der Waals surface area contributed by atoms with Gasteiger partial charge < -0.3 is 10.6 Å². The lowest BCUT2D eigenvalue weighted by atomic mass is 9.90. The van der Waals surface area contributed by atoms with Gasteiger partial charge in [0.25, 0.3) is 11.5 Å². The van der Waals surface area contributed by atoms with Crippen molar-refractivity contribution < 1.29 is 4.79 Å². The van der Waals surface area contributed by atoms with Crippen molar-refractivity contribution in [1.29, 1.82) is 0 Å². The summed E-state index contributed by atoms with van der Waals surface area (Å²) in [5, 5.41) is 0. The van der Waals surface area contributed by atoms with Gasteiger partial charge in [0.2, 0.25) is 0 Å². The van der Waals surface area contributed by atoms with Crippen molar-refractivity contribution in [1.82, 2.24) is 14.3 Å². The van der Waals surface area contributed by atoms with E-state index in [1.807, 2.05) is 13.0 Å². The molecule has 1 amide bonds. The number of nitrogens with zero attached hydrogens (tertiary/aromatic N) is 3. The van der Waals surface area contributed by atoms with Gasteiger partial charge in [-0.3, -0.25) is 14.0 Å². The molecule has 2 N–H and O–H groups in total. The molecule has 0 spiro atoms. The number of fused-ring (bicyclic) bond motifs is 1. The smallest absolute Gasteiger partial charge is 0.270 e. The number of hydrogen-bond acceptors (Lipinski definition) is 4. The van der Waals surface area contributed by atoms with Crippen LogP contribution in [0.4, 0.5) is 0 Å². The molecule has 0 saturated carbocycles. The van der Waals surface area contributed by atoms with Gasteiger partial charge in [0, 0.05) is 25.5 Å². The summed E-state index contributed by atoms with van der Waals surface area (Å²) in [5.41, 5.74) is 6.99. The van der Waals surface area contributed by atoms with E-state index in [0.29, 0.717) is 25.3 Å². The van der Waals surface area contributed by atoms with Gasteiger partial charge in [-0.1, -0.05) is 13.0 Å². The summed E-state index contributed by atoms with van der Waals surface area (Å²) < 4.78 is 1.43. The van der Waals surface area contributed by atoms with Gasteiger partial charge >= 0.3 is 0 Å². The van der Waals surface area contributed by atoms with Crippen molar-refractivity contribution in [2.75, 3.05) is 19.6 Å². The van der Waals surface area contributed by atoms with Crippen LogP contribution < -0.4 is 11.3 Å². The summed E-state index contributed by atoms with van der Waals surface area (Å²) in [6.07, 6.45) is 3.94. The molecule has 0 radical (unpaired) electrons. The molecule has 1 atom stereocenters. The maximum Gasteiger partial charge on any atom is 0.270 e. The highest BCUT2D eigenvalue weighted by molar-refractivity contribution is 5.94. The highest BCUT2D eigenvalue weighted by Gasteiger charge is 2.36. The molecule has 2 aromatic heterocycles. The maximum absolute atomic E-state index is 12.6. The minimum atomic E-state index is -0.319. The molecular weight excluding hydrogens is 280 g/mol. The summed E-state index contributed by atoms with van der Waals surface area (Å²) in [4.78, 5) is 31.1. The van der Waals surface area contributed by atoms with Gasteiger partial charge in [-0.15, -0.1) is 0 Å². The van der Waals surface area contributed by atoms with Crippen molar-refractivity contribution in [2.24, 2.45) is 11.1 Å². The van der Waals surface area contributed by atoms with Crippen LogP contribution in [-0.2, 0) is 0 Å². The van der Waals surface area contributed by atoms with Crippen molar-refractivity contribution in [3.63, 3.8) is 0 Å². The third-order valence-electron chi connectivity index (χ3n) is 4.42. The number of aromatic nitrogens is 2.